The number of rotatable bonds is 5. The Labute approximate surface area is 116 Å². The van der Waals surface area contributed by atoms with Crippen LogP contribution >= 0.6 is 0 Å². The first-order chi connectivity index (χ1) is 9.40. The van der Waals surface area contributed by atoms with Gasteiger partial charge >= 0.3 is 0 Å². The van der Waals surface area contributed by atoms with Crippen LogP contribution < -0.4 is 0 Å². The molecule has 0 saturated heterocycles. The van der Waals surface area contributed by atoms with Crippen molar-refractivity contribution < 1.29 is 14.1 Å². The van der Waals surface area contributed by atoms with Crippen molar-refractivity contribution in [2.45, 2.75) is 32.7 Å². The summed E-state index contributed by atoms with van der Waals surface area (Å²) in [5.41, 5.74) is -0.501. The number of amides is 1. The molecular weight excluding hydrogens is 263 g/mol. The monoisotopic (exact) mass is 280 g/mol. The standard InChI is InChI=1S/C14H17FN2O3/c1-9(2)16(8-10-3-4-10)14(18)12-7-11(17(19)20)5-6-13(12)15/h5-7,9-10H,3-4,8H2,1-2H3. The van der Waals surface area contributed by atoms with Crippen LogP contribution in [0.1, 0.15) is 37.0 Å². The van der Waals surface area contributed by atoms with Crippen molar-refractivity contribution in [3.05, 3.63) is 39.7 Å². The molecule has 1 aliphatic carbocycles. The first kappa shape index (κ1) is 14.4. The Bertz CT molecular complexity index is 541. The average Bonchev–Trinajstić information content (AvgIpc) is 3.19. The molecule has 0 heterocycles. The van der Waals surface area contributed by atoms with E-state index in [0.717, 1.165) is 31.0 Å². The number of non-ortho nitro benzene ring substituents is 1. The molecule has 0 aromatic heterocycles. The van der Waals surface area contributed by atoms with Crippen LogP contribution in [0.2, 0.25) is 0 Å². The fourth-order valence-corrected chi connectivity index (χ4v) is 2.05. The van der Waals surface area contributed by atoms with Gasteiger partial charge in [-0.05, 0) is 38.7 Å². The lowest BCUT2D eigenvalue weighted by molar-refractivity contribution is -0.384. The molecule has 0 N–H and O–H groups in total. The van der Waals surface area contributed by atoms with E-state index in [0.29, 0.717) is 12.5 Å². The van der Waals surface area contributed by atoms with Crippen molar-refractivity contribution in [1.82, 2.24) is 4.90 Å². The fraction of sp³-hybridized carbons (Fsp3) is 0.500. The van der Waals surface area contributed by atoms with Crippen molar-refractivity contribution in [2.75, 3.05) is 6.54 Å². The Morgan fingerprint density at radius 2 is 2.15 bits per heavy atom. The molecule has 0 bridgehead atoms. The molecular formula is C14H17FN2O3. The summed E-state index contributed by atoms with van der Waals surface area (Å²) in [5.74, 6) is -0.724. The summed E-state index contributed by atoms with van der Waals surface area (Å²) in [4.78, 5) is 24.1. The highest BCUT2D eigenvalue weighted by atomic mass is 19.1. The third-order valence-corrected chi connectivity index (χ3v) is 3.43. The molecule has 1 saturated carbocycles. The zero-order valence-electron chi connectivity index (χ0n) is 11.5. The van der Waals surface area contributed by atoms with E-state index in [4.69, 9.17) is 0 Å². The Morgan fingerprint density at radius 1 is 1.50 bits per heavy atom. The Hall–Kier alpha value is -1.98. The van der Waals surface area contributed by atoms with E-state index in [-0.39, 0.29) is 17.3 Å². The summed E-state index contributed by atoms with van der Waals surface area (Å²) in [7, 11) is 0. The minimum atomic E-state index is -0.720. The number of carbonyl (C=O) groups is 1. The van der Waals surface area contributed by atoms with Gasteiger partial charge in [0.2, 0.25) is 0 Å². The van der Waals surface area contributed by atoms with Gasteiger partial charge in [0, 0.05) is 24.7 Å². The largest absolute Gasteiger partial charge is 0.336 e. The molecule has 1 aromatic carbocycles. The Balaban J connectivity index is 2.29. The summed E-state index contributed by atoms with van der Waals surface area (Å²) in [6, 6.07) is 2.98. The lowest BCUT2D eigenvalue weighted by atomic mass is 10.1. The topological polar surface area (TPSA) is 63.5 Å². The van der Waals surface area contributed by atoms with Crippen LogP contribution in [0.3, 0.4) is 0 Å². The highest BCUT2D eigenvalue weighted by Crippen LogP contribution is 2.31. The van der Waals surface area contributed by atoms with E-state index in [2.05, 4.69) is 0 Å². The van der Waals surface area contributed by atoms with Crippen LogP contribution in [0.25, 0.3) is 0 Å². The van der Waals surface area contributed by atoms with Gasteiger partial charge in [-0.15, -0.1) is 0 Å². The minimum absolute atomic E-state index is 0.0678. The molecule has 0 radical (unpaired) electrons. The van der Waals surface area contributed by atoms with Gasteiger partial charge in [-0.1, -0.05) is 0 Å². The smallest absolute Gasteiger partial charge is 0.270 e. The molecule has 6 heteroatoms. The number of halogens is 1. The number of carbonyl (C=O) groups excluding carboxylic acids is 1. The van der Waals surface area contributed by atoms with Crippen molar-refractivity contribution >= 4 is 11.6 Å². The van der Waals surface area contributed by atoms with Crippen LogP contribution in [0, 0.1) is 21.8 Å². The Kier molecular flexibility index (Phi) is 4.01. The maximum Gasteiger partial charge on any atom is 0.270 e. The minimum Gasteiger partial charge on any atom is -0.336 e. The predicted octanol–water partition coefficient (Wildman–Crippen LogP) is 2.99. The zero-order chi connectivity index (χ0) is 14.9. The fourth-order valence-electron chi connectivity index (χ4n) is 2.05. The first-order valence-electron chi connectivity index (χ1n) is 6.65. The zero-order valence-corrected chi connectivity index (χ0v) is 11.5. The van der Waals surface area contributed by atoms with Gasteiger partial charge in [0.1, 0.15) is 5.82 Å². The molecule has 0 atom stereocenters. The van der Waals surface area contributed by atoms with E-state index < -0.39 is 16.6 Å². The average molecular weight is 280 g/mol. The Morgan fingerprint density at radius 3 is 2.65 bits per heavy atom. The van der Waals surface area contributed by atoms with Gasteiger partial charge in [0.05, 0.1) is 10.5 Å². The maximum absolute atomic E-state index is 13.8. The van der Waals surface area contributed by atoms with Gasteiger partial charge in [-0.3, -0.25) is 14.9 Å². The van der Waals surface area contributed by atoms with Crippen molar-refractivity contribution in [3.8, 4) is 0 Å². The molecule has 1 aliphatic rings. The molecule has 20 heavy (non-hydrogen) atoms. The highest BCUT2D eigenvalue weighted by Gasteiger charge is 2.30. The number of nitro benzene ring substituents is 1. The van der Waals surface area contributed by atoms with E-state index in [1.807, 2.05) is 13.8 Å². The quantitative estimate of drug-likeness (QED) is 0.615. The van der Waals surface area contributed by atoms with Crippen molar-refractivity contribution in [2.24, 2.45) is 5.92 Å². The van der Waals surface area contributed by atoms with Gasteiger partial charge in [0.15, 0.2) is 0 Å². The summed E-state index contributed by atoms with van der Waals surface area (Å²) in [6.45, 7) is 4.30. The van der Waals surface area contributed by atoms with Crippen molar-refractivity contribution in [1.29, 1.82) is 0 Å². The molecule has 0 aliphatic heterocycles. The summed E-state index contributed by atoms with van der Waals surface area (Å²) in [5, 5.41) is 10.7. The number of benzene rings is 1. The summed E-state index contributed by atoms with van der Waals surface area (Å²) < 4.78 is 13.8. The van der Waals surface area contributed by atoms with Crippen LogP contribution in [0.15, 0.2) is 18.2 Å². The molecule has 1 fully saturated rings. The van der Waals surface area contributed by atoms with Gasteiger partial charge in [-0.25, -0.2) is 4.39 Å². The van der Waals surface area contributed by atoms with E-state index in [9.17, 15) is 19.3 Å². The molecule has 2 rings (SSSR count). The normalized spacial score (nSPS) is 14.4. The van der Waals surface area contributed by atoms with Crippen LogP contribution in [0.5, 0.6) is 0 Å². The molecule has 0 unspecified atom stereocenters. The van der Waals surface area contributed by atoms with Gasteiger partial charge in [0.25, 0.3) is 11.6 Å². The second-order valence-electron chi connectivity index (χ2n) is 5.42. The highest BCUT2D eigenvalue weighted by molar-refractivity contribution is 5.95. The van der Waals surface area contributed by atoms with Crippen LogP contribution in [-0.2, 0) is 0 Å². The van der Waals surface area contributed by atoms with E-state index in [1.54, 1.807) is 4.90 Å². The SMILES string of the molecule is CC(C)N(CC1CC1)C(=O)c1cc([N+](=O)[O-])ccc1F. The number of hydrogen-bond acceptors (Lipinski definition) is 3. The van der Waals surface area contributed by atoms with Crippen LogP contribution in [-0.4, -0.2) is 28.3 Å². The molecule has 5 nitrogen and oxygen atoms in total. The second-order valence-corrected chi connectivity index (χ2v) is 5.42. The third kappa shape index (κ3) is 3.12. The first-order valence-corrected chi connectivity index (χ1v) is 6.65. The van der Waals surface area contributed by atoms with Crippen LogP contribution in [0.4, 0.5) is 10.1 Å². The lowest BCUT2D eigenvalue weighted by Crippen LogP contribution is -2.39. The second kappa shape index (κ2) is 5.56. The number of hydrogen-bond donors (Lipinski definition) is 0. The summed E-state index contributed by atoms with van der Waals surface area (Å²) in [6.07, 6.45) is 2.15. The lowest BCUT2D eigenvalue weighted by Gasteiger charge is -2.27. The third-order valence-electron chi connectivity index (χ3n) is 3.43. The number of nitro groups is 1. The predicted molar refractivity (Wildman–Crippen MR) is 72.0 cm³/mol. The summed E-state index contributed by atoms with van der Waals surface area (Å²) >= 11 is 0. The molecule has 1 amide bonds. The van der Waals surface area contributed by atoms with E-state index in [1.165, 1.54) is 0 Å². The molecule has 108 valence electrons. The molecule has 0 spiro atoms. The maximum atomic E-state index is 13.8. The van der Waals surface area contributed by atoms with Gasteiger partial charge < -0.3 is 4.90 Å². The molecule has 1 aromatic rings. The van der Waals surface area contributed by atoms with Gasteiger partial charge in [-0.2, -0.15) is 0 Å². The number of nitrogens with zero attached hydrogens (tertiary/aromatic N) is 2. The van der Waals surface area contributed by atoms with Crippen molar-refractivity contribution in [3.63, 3.8) is 0 Å². The van der Waals surface area contributed by atoms with E-state index >= 15 is 0 Å².